The fraction of sp³-hybridized carbons (Fsp3) is 0.538. The van der Waals surface area contributed by atoms with E-state index in [1.807, 2.05) is 0 Å². The summed E-state index contributed by atoms with van der Waals surface area (Å²) in [6.07, 6.45) is 2.58. The highest BCUT2D eigenvalue weighted by atomic mass is 32.2. The molecule has 0 aliphatic carbocycles. The van der Waals surface area contributed by atoms with Crippen molar-refractivity contribution in [3.8, 4) is 5.75 Å². The molecule has 0 saturated heterocycles. The van der Waals surface area contributed by atoms with Crippen LogP contribution in [0.3, 0.4) is 0 Å². The van der Waals surface area contributed by atoms with Crippen LogP contribution in [0.15, 0.2) is 23.1 Å². The molecule has 0 fully saturated rings. The van der Waals surface area contributed by atoms with Crippen LogP contribution in [0.1, 0.15) is 19.3 Å². The SMILES string of the molecule is COCCCCCNS(=O)(=O)c1cc(N)ccc1OC. The van der Waals surface area contributed by atoms with Crippen molar-refractivity contribution in [2.24, 2.45) is 0 Å². The Morgan fingerprint density at radius 3 is 2.60 bits per heavy atom. The van der Waals surface area contributed by atoms with Crippen LogP contribution in [0.4, 0.5) is 5.69 Å². The second-order valence-electron chi connectivity index (χ2n) is 4.36. The molecule has 0 aliphatic heterocycles. The molecule has 1 rings (SSSR count). The number of ether oxygens (including phenoxy) is 2. The zero-order chi connectivity index (χ0) is 15.0. The number of sulfonamides is 1. The lowest BCUT2D eigenvalue weighted by atomic mass is 10.2. The maximum Gasteiger partial charge on any atom is 0.244 e. The molecule has 0 atom stereocenters. The Morgan fingerprint density at radius 2 is 1.95 bits per heavy atom. The average molecular weight is 302 g/mol. The number of hydrogen-bond donors (Lipinski definition) is 2. The number of nitrogen functional groups attached to an aromatic ring is 1. The van der Waals surface area contributed by atoms with E-state index >= 15 is 0 Å². The minimum absolute atomic E-state index is 0.0666. The first kappa shape index (κ1) is 16.7. The minimum atomic E-state index is -3.60. The summed E-state index contributed by atoms with van der Waals surface area (Å²) < 4.78 is 36.9. The van der Waals surface area contributed by atoms with Crippen molar-refractivity contribution in [3.63, 3.8) is 0 Å². The summed E-state index contributed by atoms with van der Waals surface area (Å²) >= 11 is 0. The molecule has 6 nitrogen and oxygen atoms in total. The Balaban J connectivity index is 2.62. The van der Waals surface area contributed by atoms with Crippen molar-refractivity contribution in [2.75, 3.05) is 33.1 Å². The molecular formula is C13H22N2O4S. The topological polar surface area (TPSA) is 90.7 Å². The lowest BCUT2D eigenvalue weighted by Crippen LogP contribution is -2.25. The number of methoxy groups -OCH3 is 2. The monoisotopic (exact) mass is 302 g/mol. The van der Waals surface area contributed by atoms with Gasteiger partial charge in [0.05, 0.1) is 7.11 Å². The molecule has 1 aromatic rings. The largest absolute Gasteiger partial charge is 0.495 e. The Morgan fingerprint density at radius 1 is 1.20 bits per heavy atom. The first-order valence-corrected chi connectivity index (χ1v) is 7.91. The van der Waals surface area contributed by atoms with Crippen molar-refractivity contribution < 1.29 is 17.9 Å². The molecule has 0 amide bonds. The first-order valence-electron chi connectivity index (χ1n) is 6.43. The summed E-state index contributed by atoms with van der Waals surface area (Å²) in [6, 6.07) is 4.54. The van der Waals surface area contributed by atoms with Gasteiger partial charge in [-0.15, -0.1) is 0 Å². The van der Waals surface area contributed by atoms with Gasteiger partial charge in [0, 0.05) is 25.9 Å². The van der Waals surface area contributed by atoms with Crippen molar-refractivity contribution in [1.82, 2.24) is 4.72 Å². The normalized spacial score (nSPS) is 11.5. The van der Waals surface area contributed by atoms with E-state index in [0.717, 1.165) is 19.3 Å². The highest BCUT2D eigenvalue weighted by Crippen LogP contribution is 2.25. The molecule has 0 aromatic heterocycles. The van der Waals surface area contributed by atoms with Crippen LogP contribution in [0.2, 0.25) is 0 Å². The number of hydrogen-bond acceptors (Lipinski definition) is 5. The number of nitrogens with two attached hydrogens (primary N) is 1. The summed E-state index contributed by atoms with van der Waals surface area (Å²) in [5.41, 5.74) is 6.01. The van der Waals surface area contributed by atoms with Gasteiger partial charge in [0.2, 0.25) is 10.0 Å². The standard InChI is InChI=1S/C13H22N2O4S/c1-18-9-5-3-4-8-15-20(16,17)13-10-11(14)6-7-12(13)19-2/h6-7,10,15H,3-5,8-9,14H2,1-2H3. The van der Waals surface area contributed by atoms with E-state index in [-0.39, 0.29) is 10.6 Å². The maximum absolute atomic E-state index is 12.2. The average Bonchev–Trinajstić information content (AvgIpc) is 2.42. The van der Waals surface area contributed by atoms with Crippen LogP contribution in [0, 0.1) is 0 Å². The van der Waals surface area contributed by atoms with Crippen LogP contribution < -0.4 is 15.2 Å². The first-order chi connectivity index (χ1) is 9.51. The number of rotatable bonds is 9. The van der Waals surface area contributed by atoms with Crippen LogP contribution in [-0.2, 0) is 14.8 Å². The summed E-state index contributed by atoms with van der Waals surface area (Å²) in [4.78, 5) is 0.0666. The van der Waals surface area contributed by atoms with Gasteiger partial charge >= 0.3 is 0 Å². The van der Waals surface area contributed by atoms with Crippen LogP contribution in [0.5, 0.6) is 5.75 Å². The van der Waals surface area contributed by atoms with Gasteiger partial charge < -0.3 is 15.2 Å². The molecule has 0 aliphatic rings. The van der Waals surface area contributed by atoms with Crippen molar-refractivity contribution >= 4 is 15.7 Å². The third kappa shape index (κ3) is 4.99. The second-order valence-corrected chi connectivity index (χ2v) is 6.10. The van der Waals surface area contributed by atoms with Gasteiger partial charge in [0.1, 0.15) is 10.6 Å². The molecule has 0 spiro atoms. The van der Waals surface area contributed by atoms with E-state index < -0.39 is 10.0 Å². The highest BCUT2D eigenvalue weighted by Gasteiger charge is 2.19. The van der Waals surface area contributed by atoms with Crippen LogP contribution in [0.25, 0.3) is 0 Å². The fourth-order valence-electron chi connectivity index (χ4n) is 1.74. The summed E-state index contributed by atoms with van der Waals surface area (Å²) in [7, 11) is -0.531. The van der Waals surface area contributed by atoms with Gasteiger partial charge in [0.15, 0.2) is 0 Å². The molecule has 0 heterocycles. The molecule has 1 aromatic carbocycles. The molecule has 3 N–H and O–H groups in total. The van der Waals surface area contributed by atoms with Gasteiger partial charge in [-0.1, -0.05) is 0 Å². The Labute approximate surface area is 120 Å². The minimum Gasteiger partial charge on any atom is -0.495 e. The van der Waals surface area contributed by atoms with Crippen LogP contribution in [-0.4, -0.2) is 35.8 Å². The van der Waals surface area contributed by atoms with Gasteiger partial charge in [-0.05, 0) is 37.5 Å². The lowest BCUT2D eigenvalue weighted by molar-refractivity contribution is 0.192. The van der Waals surface area contributed by atoms with E-state index in [1.165, 1.54) is 13.2 Å². The predicted molar refractivity (Wildman–Crippen MR) is 78.3 cm³/mol. The predicted octanol–water partition coefficient (Wildman–Crippen LogP) is 1.37. The van der Waals surface area contributed by atoms with Gasteiger partial charge in [-0.25, -0.2) is 13.1 Å². The van der Waals surface area contributed by atoms with E-state index in [4.69, 9.17) is 15.2 Å². The van der Waals surface area contributed by atoms with Gasteiger partial charge in [0.25, 0.3) is 0 Å². The molecule has 0 unspecified atom stereocenters. The number of benzene rings is 1. The molecule has 0 saturated carbocycles. The summed E-state index contributed by atoms with van der Waals surface area (Å²) in [5.74, 6) is 0.283. The molecule has 0 radical (unpaired) electrons. The quantitative estimate of drug-likeness (QED) is 0.531. The number of anilines is 1. The Kier molecular flexibility index (Phi) is 6.77. The van der Waals surface area contributed by atoms with Gasteiger partial charge in [-0.3, -0.25) is 0 Å². The smallest absolute Gasteiger partial charge is 0.244 e. The molecular weight excluding hydrogens is 280 g/mol. The van der Waals surface area contributed by atoms with Gasteiger partial charge in [-0.2, -0.15) is 0 Å². The highest BCUT2D eigenvalue weighted by molar-refractivity contribution is 7.89. The van der Waals surface area contributed by atoms with Crippen molar-refractivity contribution in [1.29, 1.82) is 0 Å². The van der Waals surface area contributed by atoms with E-state index in [1.54, 1.807) is 19.2 Å². The zero-order valence-electron chi connectivity index (χ0n) is 11.9. The molecule has 114 valence electrons. The number of unbranched alkanes of at least 4 members (excludes halogenated alkanes) is 2. The third-order valence-corrected chi connectivity index (χ3v) is 4.28. The maximum atomic E-state index is 12.2. The number of nitrogens with one attached hydrogen (secondary N) is 1. The van der Waals surface area contributed by atoms with Crippen molar-refractivity contribution in [3.05, 3.63) is 18.2 Å². The van der Waals surface area contributed by atoms with Crippen molar-refractivity contribution in [2.45, 2.75) is 24.2 Å². The molecule has 20 heavy (non-hydrogen) atoms. The second kappa shape index (κ2) is 8.08. The summed E-state index contributed by atoms with van der Waals surface area (Å²) in [6.45, 7) is 1.07. The summed E-state index contributed by atoms with van der Waals surface area (Å²) in [5, 5.41) is 0. The van der Waals surface area contributed by atoms with E-state index in [2.05, 4.69) is 4.72 Å². The third-order valence-electron chi connectivity index (χ3n) is 2.79. The zero-order valence-corrected chi connectivity index (χ0v) is 12.7. The Bertz CT molecular complexity index is 517. The lowest BCUT2D eigenvalue weighted by Gasteiger charge is -2.11. The fourth-order valence-corrected chi connectivity index (χ4v) is 3.01. The van der Waals surface area contributed by atoms with Crippen LogP contribution >= 0.6 is 0 Å². The van der Waals surface area contributed by atoms with E-state index in [0.29, 0.717) is 18.8 Å². The Hall–Kier alpha value is -1.31. The molecule has 0 bridgehead atoms. The van der Waals surface area contributed by atoms with E-state index in [9.17, 15) is 8.42 Å². The molecule has 7 heteroatoms.